The summed E-state index contributed by atoms with van der Waals surface area (Å²) in [6, 6.07) is 12.8. The molecule has 0 amide bonds. The normalized spacial score (nSPS) is 10.8. The van der Waals surface area contributed by atoms with Gasteiger partial charge in [0.15, 0.2) is 22.5 Å². The van der Waals surface area contributed by atoms with Gasteiger partial charge in [0.25, 0.3) is 0 Å². The Bertz CT molecular complexity index is 919. The van der Waals surface area contributed by atoms with Crippen molar-refractivity contribution in [2.75, 3.05) is 0 Å². The van der Waals surface area contributed by atoms with E-state index in [4.69, 9.17) is 4.74 Å². The van der Waals surface area contributed by atoms with Gasteiger partial charge in [0.2, 0.25) is 0 Å². The summed E-state index contributed by atoms with van der Waals surface area (Å²) < 4.78 is 21.3. The van der Waals surface area contributed by atoms with Gasteiger partial charge in [0.05, 0.1) is 0 Å². The minimum Gasteiger partial charge on any atom is -0.483 e. The molecule has 0 atom stereocenters. The number of aromatic nitrogens is 3. The quantitative estimate of drug-likeness (QED) is 0.401. The topological polar surface area (TPSA) is 39.9 Å². The van der Waals surface area contributed by atoms with Gasteiger partial charge < -0.3 is 4.74 Å². The second kappa shape index (κ2) is 8.86. The lowest BCUT2D eigenvalue weighted by atomic mass is 10.1. The van der Waals surface area contributed by atoms with Crippen molar-refractivity contribution in [1.29, 1.82) is 0 Å². The summed E-state index contributed by atoms with van der Waals surface area (Å²) in [5.74, 6) is 1.25. The highest BCUT2D eigenvalue weighted by Crippen LogP contribution is 2.24. The number of hydrogen-bond donors (Lipinski definition) is 0. The van der Waals surface area contributed by atoms with Crippen LogP contribution in [0.4, 0.5) is 4.39 Å². The van der Waals surface area contributed by atoms with Crippen molar-refractivity contribution in [3.8, 4) is 5.75 Å². The number of allylic oxidation sites excluding steroid dienone is 1. The number of nitrogens with zero attached hydrogens (tertiary/aromatic N) is 3. The van der Waals surface area contributed by atoms with E-state index in [1.54, 1.807) is 36.0 Å². The Balaban J connectivity index is 1.72. The average Bonchev–Trinajstić information content (AvgIpc) is 3.01. The van der Waals surface area contributed by atoms with Gasteiger partial charge in [0, 0.05) is 12.3 Å². The molecule has 0 aliphatic heterocycles. The third-order valence-electron chi connectivity index (χ3n) is 3.95. The van der Waals surface area contributed by atoms with Crippen molar-refractivity contribution in [2.45, 2.75) is 37.9 Å². The van der Waals surface area contributed by atoms with Crippen molar-refractivity contribution in [2.24, 2.45) is 0 Å². The van der Waals surface area contributed by atoms with E-state index in [2.05, 4.69) is 48.8 Å². The second-order valence-corrected chi connectivity index (χ2v) is 7.24. The minimum absolute atomic E-state index is 0.145. The monoisotopic (exact) mass is 383 g/mol. The van der Waals surface area contributed by atoms with Gasteiger partial charge in [-0.3, -0.25) is 4.57 Å². The largest absolute Gasteiger partial charge is 0.483 e. The van der Waals surface area contributed by atoms with Crippen LogP contribution in [0.2, 0.25) is 0 Å². The average molecular weight is 383 g/mol. The Labute approximate surface area is 163 Å². The first-order valence-electron chi connectivity index (χ1n) is 8.67. The van der Waals surface area contributed by atoms with E-state index in [1.165, 1.54) is 22.8 Å². The fourth-order valence-electron chi connectivity index (χ4n) is 2.85. The third kappa shape index (κ3) is 4.98. The number of aryl methyl sites for hydroxylation is 2. The maximum atomic E-state index is 13.7. The van der Waals surface area contributed by atoms with Crippen LogP contribution in [0.5, 0.6) is 5.75 Å². The van der Waals surface area contributed by atoms with Gasteiger partial charge in [-0.15, -0.1) is 16.8 Å². The molecule has 1 aromatic heterocycles. The van der Waals surface area contributed by atoms with Crippen LogP contribution in [0.1, 0.15) is 22.5 Å². The molecule has 0 bridgehead atoms. The highest BCUT2D eigenvalue weighted by molar-refractivity contribution is 7.98. The van der Waals surface area contributed by atoms with Crippen molar-refractivity contribution in [3.63, 3.8) is 0 Å². The van der Waals surface area contributed by atoms with Crippen molar-refractivity contribution in [1.82, 2.24) is 14.8 Å². The van der Waals surface area contributed by atoms with Crippen molar-refractivity contribution < 1.29 is 9.13 Å². The van der Waals surface area contributed by atoms with Crippen LogP contribution < -0.4 is 4.74 Å². The molecule has 0 unspecified atom stereocenters. The molecule has 2 aromatic carbocycles. The fourth-order valence-corrected chi connectivity index (χ4v) is 3.75. The smallest absolute Gasteiger partial charge is 0.191 e. The molecule has 3 rings (SSSR count). The van der Waals surface area contributed by atoms with Gasteiger partial charge in [-0.25, -0.2) is 4.39 Å². The number of halogens is 1. The molecular formula is C21H22FN3OS. The van der Waals surface area contributed by atoms with Gasteiger partial charge in [-0.1, -0.05) is 59.3 Å². The first-order chi connectivity index (χ1) is 13.1. The first kappa shape index (κ1) is 19.2. The molecule has 27 heavy (non-hydrogen) atoms. The number of benzene rings is 2. The van der Waals surface area contributed by atoms with E-state index < -0.39 is 5.82 Å². The van der Waals surface area contributed by atoms with E-state index in [0.717, 1.165) is 10.9 Å². The van der Waals surface area contributed by atoms with Crippen molar-refractivity contribution in [3.05, 3.63) is 83.5 Å². The maximum absolute atomic E-state index is 13.7. The highest BCUT2D eigenvalue weighted by atomic mass is 32.2. The Morgan fingerprint density at radius 1 is 1.15 bits per heavy atom. The van der Waals surface area contributed by atoms with Crippen LogP contribution in [0, 0.1) is 19.7 Å². The Morgan fingerprint density at radius 3 is 2.59 bits per heavy atom. The van der Waals surface area contributed by atoms with Crippen LogP contribution in [-0.2, 0) is 18.9 Å². The molecule has 0 saturated heterocycles. The number of para-hydroxylation sites is 1. The summed E-state index contributed by atoms with van der Waals surface area (Å²) in [6.07, 6.45) is 1.79. The Morgan fingerprint density at radius 2 is 1.89 bits per heavy atom. The van der Waals surface area contributed by atoms with Crippen LogP contribution >= 0.6 is 11.8 Å². The zero-order valence-corrected chi connectivity index (χ0v) is 16.3. The van der Waals surface area contributed by atoms with Crippen LogP contribution in [0.15, 0.2) is 60.3 Å². The lowest BCUT2D eigenvalue weighted by Crippen LogP contribution is -2.08. The van der Waals surface area contributed by atoms with E-state index in [9.17, 15) is 4.39 Å². The molecule has 0 spiro atoms. The number of thioether (sulfide) groups is 1. The van der Waals surface area contributed by atoms with Crippen LogP contribution in [-0.4, -0.2) is 14.8 Å². The molecule has 4 nitrogen and oxygen atoms in total. The summed E-state index contributed by atoms with van der Waals surface area (Å²) in [5, 5.41) is 9.30. The number of ether oxygens (including phenoxy) is 1. The zero-order valence-electron chi connectivity index (χ0n) is 15.5. The van der Waals surface area contributed by atoms with E-state index in [0.29, 0.717) is 12.4 Å². The summed E-state index contributed by atoms with van der Waals surface area (Å²) in [7, 11) is 0. The molecule has 0 N–H and O–H groups in total. The number of rotatable bonds is 8. The van der Waals surface area contributed by atoms with Crippen molar-refractivity contribution >= 4 is 11.8 Å². The fraction of sp³-hybridized carbons (Fsp3) is 0.238. The van der Waals surface area contributed by atoms with Gasteiger partial charge in [-0.2, -0.15) is 0 Å². The molecule has 1 heterocycles. The summed E-state index contributed by atoms with van der Waals surface area (Å²) in [6.45, 7) is 8.71. The molecule has 0 saturated carbocycles. The molecule has 0 aliphatic carbocycles. The van der Waals surface area contributed by atoms with E-state index >= 15 is 0 Å². The lowest BCUT2D eigenvalue weighted by molar-refractivity contribution is 0.275. The van der Waals surface area contributed by atoms with E-state index in [1.807, 2.05) is 4.57 Å². The van der Waals surface area contributed by atoms with Crippen LogP contribution in [0.3, 0.4) is 0 Å². The first-order valence-corrected chi connectivity index (χ1v) is 9.65. The molecule has 0 fully saturated rings. The maximum Gasteiger partial charge on any atom is 0.191 e. The Hall–Kier alpha value is -2.60. The standard InChI is InChI=1S/C21H22FN3OS/c1-4-9-25-20(13-26-19-8-6-5-7-18(19)22)23-24-21(25)27-14-17-11-15(2)10-16(3)12-17/h4-8,10-12H,1,9,13-14H2,2-3H3. The summed E-state index contributed by atoms with van der Waals surface area (Å²) in [4.78, 5) is 0. The summed E-state index contributed by atoms with van der Waals surface area (Å²) in [5.41, 5.74) is 3.74. The van der Waals surface area contributed by atoms with Crippen LogP contribution in [0.25, 0.3) is 0 Å². The predicted molar refractivity (Wildman–Crippen MR) is 106 cm³/mol. The van der Waals surface area contributed by atoms with Gasteiger partial charge in [0.1, 0.15) is 6.61 Å². The zero-order chi connectivity index (χ0) is 19.2. The predicted octanol–water partition coefficient (Wildman–Crippen LogP) is 5.09. The molecule has 6 heteroatoms. The molecule has 0 radical (unpaired) electrons. The molecule has 3 aromatic rings. The summed E-state index contributed by atoms with van der Waals surface area (Å²) >= 11 is 1.62. The minimum atomic E-state index is -0.392. The van der Waals surface area contributed by atoms with E-state index in [-0.39, 0.29) is 12.4 Å². The van der Waals surface area contributed by atoms with Gasteiger partial charge in [-0.05, 0) is 31.5 Å². The lowest BCUT2D eigenvalue weighted by Gasteiger charge is -2.10. The highest BCUT2D eigenvalue weighted by Gasteiger charge is 2.13. The Kier molecular flexibility index (Phi) is 6.29. The second-order valence-electron chi connectivity index (χ2n) is 6.30. The van der Waals surface area contributed by atoms with Gasteiger partial charge >= 0.3 is 0 Å². The molecule has 140 valence electrons. The number of hydrogen-bond acceptors (Lipinski definition) is 4. The SMILES string of the molecule is C=CCn1c(COc2ccccc2F)nnc1SCc1cc(C)cc(C)c1. The third-order valence-corrected chi connectivity index (χ3v) is 4.99. The molecule has 0 aliphatic rings. The molecular weight excluding hydrogens is 361 g/mol.